The van der Waals surface area contributed by atoms with E-state index in [9.17, 15) is 0 Å². The Kier molecular flexibility index (Phi) is 3.97. The summed E-state index contributed by atoms with van der Waals surface area (Å²) >= 11 is 1.60. The molecule has 1 aromatic carbocycles. The van der Waals surface area contributed by atoms with Gasteiger partial charge in [-0.3, -0.25) is 0 Å². The van der Waals surface area contributed by atoms with Gasteiger partial charge >= 0.3 is 0 Å². The summed E-state index contributed by atoms with van der Waals surface area (Å²) < 4.78 is 5.23. The molecule has 0 fully saturated rings. The highest BCUT2D eigenvalue weighted by Gasteiger charge is 2.06. The van der Waals surface area contributed by atoms with Crippen molar-refractivity contribution in [1.29, 1.82) is 0 Å². The van der Waals surface area contributed by atoms with E-state index in [2.05, 4.69) is 48.3 Å². The summed E-state index contributed by atoms with van der Waals surface area (Å²) in [7, 11) is 0. The van der Waals surface area contributed by atoms with Crippen LogP contribution in [0, 0.1) is 0 Å². The molecule has 3 rings (SSSR count). The molecule has 0 N–H and O–H groups in total. The first-order valence-corrected chi connectivity index (χ1v) is 7.76. The van der Waals surface area contributed by atoms with Gasteiger partial charge in [-0.2, -0.15) is 4.98 Å². The molecule has 0 unspecified atom stereocenters. The molecule has 0 atom stereocenters. The lowest BCUT2D eigenvalue weighted by atomic mass is 10.0. The zero-order valence-electron chi connectivity index (χ0n) is 12.0. The lowest BCUT2D eigenvalue weighted by Crippen LogP contribution is -1.85. The van der Waals surface area contributed by atoms with E-state index in [1.807, 2.05) is 29.7 Å². The fourth-order valence-electron chi connectivity index (χ4n) is 1.97. The van der Waals surface area contributed by atoms with Gasteiger partial charge in [-0.1, -0.05) is 49.3 Å². The number of benzene rings is 1. The molecule has 0 spiro atoms. The Bertz CT molecular complexity index is 725. The minimum Gasteiger partial charge on any atom is -0.334 e. The molecule has 3 aromatic rings. The van der Waals surface area contributed by atoms with Gasteiger partial charge in [0.15, 0.2) is 0 Å². The van der Waals surface area contributed by atoms with Crippen molar-refractivity contribution < 1.29 is 4.52 Å². The number of aromatic nitrogens is 2. The minimum atomic E-state index is 0.520. The van der Waals surface area contributed by atoms with Crippen LogP contribution in [-0.4, -0.2) is 10.1 Å². The summed E-state index contributed by atoms with van der Waals surface area (Å²) in [4.78, 5) is 5.37. The van der Waals surface area contributed by atoms with Gasteiger partial charge in [0.25, 0.3) is 5.89 Å². The summed E-state index contributed by atoms with van der Waals surface area (Å²) in [6.07, 6.45) is 3.82. The van der Waals surface area contributed by atoms with E-state index in [-0.39, 0.29) is 0 Å². The van der Waals surface area contributed by atoms with Crippen LogP contribution in [0.3, 0.4) is 0 Å². The van der Waals surface area contributed by atoms with Gasteiger partial charge in [-0.15, -0.1) is 11.3 Å². The lowest BCUT2D eigenvalue weighted by Gasteiger charge is -2.04. The summed E-state index contributed by atoms with van der Waals surface area (Å²) in [5.74, 6) is 1.71. The molecule has 0 saturated heterocycles. The maximum Gasteiger partial charge on any atom is 0.250 e. The number of thiophene rings is 1. The van der Waals surface area contributed by atoms with E-state index in [4.69, 9.17) is 4.52 Å². The lowest BCUT2D eigenvalue weighted by molar-refractivity contribution is 0.411. The van der Waals surface area contributed by atoms with Crippen molar-refractivity contribution in [2.75, 3.05) is 0 Å². The summed E-state index contributed by atoms with van der Waals surface area (Å²) in [6.45, 7) is 4.38. The highest BCUT2D eigenvalue weighted by Crippen LogP contribution is 2.22. The Morgan fingerprint density at radius 1 is 1.10 bits per heavy atom. The molecule has 3 nitrogen and oxygen atoms in total. The average Bonchev–Trinajstić information content (AvgIpc) is 3.16. The molecule has 0 saturated carbocycles. The van der Waals surface area contributed by atoms with E-state index in [0.717, 1.165) is 10.4 Å². The van der Waals surface area contributed by atoms with Gasteiger partial charge < -0.3 is 4.52 Å². The van der Waals surface area contributed by atoms with Gasteiger partial charge in [-0.05, 0) is 34.6 Å². The first kappa shape index (κ1) is 13.8. The van der Waals surface area contributed by atoms with Crippen molar-refractivity contribution in [2.45, 2.75) is 19.8 Å². The van der Waals surface area contributed by atoms with E-state index in [0.29, 0.717) is 17.6 Å². The number of rotatable bonds is 4. The maximum atomic E-state index is 5.23. The van der Waals surface area contributed by atoms with Gasteiger partial charge in [0.05, 0.1) is 4.88 Å². The fraction of sp³-hybridized carbons (Fsp3) is 0.176. The van der Waals surface area contributed by atoms with Gasteiger partial charge in [0.1, 0.15) is 0 Å². The van der Waals surface area contributed by atoms with E-state index in [1.165, 1.54) is 5.56 Å². The Labute approximate surface area is 128 Å². The van der Waals surface area contributed by atoms with Gasteiger partial charge in [0, 0.05) is 6.08 Å². The highest BCUT2D eigenvalue weighted by molar-refractivity contribution is 7.13. The Morgan fingerprint density at radius 3 is 2.57 bits per heavy atom. The van der Waals surface area contributed by atoms with Gasteiger partial charge in [-0.25, -0.2) is 0 Å². The summed E-state index contributed by atoms with van der Waals surface area (Å²) in [6, 6.07) is 12.4. The van der Waals surface area contributed by atoms with Crippen molar-refractivity contribution in [3.63, 3.8) is 0 Å². The number of nitrogens with zero attached hydrogens (tertiary/aromatic N) is 2. The standard InChI is InChI=1S/C17H16N2OS/c1-12(2)14-8-5-13(6-9-14)7-10-16-18-17(19-20-16)15-4-3-11-21-15/h3-12H,1-2H3/b10-7-. The van der Waals surface area contributed by atoms with Crippen molar-refractivity contribution in [3.05, 3.63) is 58.8 Å². The molecule has 0 aliphatic carbocycles. The van der Waals surface area contributed by atoms with E-state index >= 15 is 0 Å². The van der Waals surface area contributed by atoms with Crippen LogP contribution in [0.4, 0.5) is 0 Å². The third-order valence-corrected chi connectivity index (χ3v) is 4.07. The van der Waals surface area contributed by atoms with E-state index < -0.39 is 0 Å². The largest absolute Gasteiger partial charge is 0.334 e. The average molecular weight is 296 g/mol. The monoisotopic (exact) mass is 296 g/mol. The predicted octanol–water partition coefficient (Wildman–Crippen LogP) is 5.09. The highest BCUT2D eigenvalue weighted by atomic mass is 32.1. The number of hydrogen-bond acceptors (Lipinski definition) is 4. The van der Waals surface area contributed by atoms with Crippen LogP contribution in [0.25, 0.3) is 22.9 Å². The van der Waals surface area contributed by atoms with Crippen LogP contribution >= 0.6 is 11.3 Å². The molecule has 0 amide bonds. The summed E-state index contributed by atoms with van der Waals surface area (Å²) in [5, 5.41) is 5.98. The molecule has 0 bridgehead atoms. The molecular weight excluding hydrogens is 280 g/mol. The normalized spacial score (nSPS) is 11.6. The molecule has 106 valence electrons. The fourth-order valence-corrected chi connectivity index (χ4v) is 2.62. The van der Waals surface area contributed by atoms with Crippen molar-refractivity contribution in [3.8, 4) is 10.7 Å². The second kappa shape index (κ2) is 6.06. The molecule has 0 radical (unpaired) electrons. The summed E-state index contributed by atoms with van der Waals surface area (Å²) in [5.41, 5.74) is 2.46. The van der Waals surface area contributed by atoms with Crippen LogP contribution in [0.5, 0.6) is 0 Å². The SMILES string of the molecule is CC(C)c1ccc(/C=C\c2nc(-c3cccs3)no2)cc1. The Hall–Kier alpha value is -2.20. The quantitative estimate of drug-likeness (QED) is 0.673. The predicted molar refractivity (Wildman–Crippen MR) is 87.1 cm³/mol. The van der Waals surface area contributed by atoms with Crippen molar-refractivity contribution in [2.24, 2.45) is 0 Å². The zero-order chi connectivity index (χ0) is 14.7. The van der Waals surface area contributed by atoms with Gasteiger partial charge in [0.2, 0.25) is 5.82 Å². The van der Waals surface area contributed by atoms with Crippen molar-refractivity contribution >= 4 is 23.5 Å². The first-order valence-electron chi connectivity index (χ1n) is 6.88. The molecule has 2 aromatic heterocycles. The minimum absolute atomic E-state index is 0.520. The Balaban J connectivity index is 1.74. The molecule has 4 heteroatoms. The third kappa shape index (κ3) is 3.28. The molecule has 21 heavy (non-hydrogen) atoms. The molecular formula is C17H16N2OS. The van der Waals surface area contributed by atoms with Crippen LogP contribution < -0.4 is 0 Å². The van der Waals surface area contributed by atoms with Crippen LogP contribution in [-0.2, 0) is 0 Å². The Morgan fingerprint density at radius 2 is 1.90 bits per heavy atom. The smallest absolute Gasteiger partial charge is 0.250 e. The first-order chi connectivity index (χ1) is 10.2. The second-order valence-corrected chi connectivity index (χ2v) is 6.04. The van der Waals surface area contributed by atoms with Crippen molar-refractivity contribution in [1.82, 2.24) is 10.1 Å². The van der Waals surface area contributed by atoms with Crippen LogP contribution in [0.15, 0.2) is 46.3 Å². The van der Waals surface area contributed by atoms with Crippen LogP contribution in [0.1, 0.15) is 36.8 Å². The number of hydrogen-bond donors (Lipinski definition) is 0. The molecule has 2 heterocycles. The zero-order valence-corrected chi connectivity index (χ0v) is 12.8. The van der Waals surface area contributed by atoms with E-state index in [1.54, 1.807) is 11.3 Å². The maximum absolute atomic E-state index is 5.23. The van der Waals surface area contributed by atoms with Crippen LogP contribution in [0.2, 0.25) is 0 Å². The molecule has 0 aliphatic heterocycles. The topological polar surface area (TPSA) is 38.9 Å². The molecule has 0 aliphatic rings. The second-order valence-electron chi connectivity index (χ2n) is 5.09. The third-order valence-electron chi connectivity index (χ3n) is 3.20.